The number of anilines is 1. The van der Waals surface area contributed by atoms with Crippen LogP contribution in [0.2, 0.25) is 0 Å². The lowest BCUT2D eigenvalue weighted by Crippen LogP contribution is -2.47. The van der Waals surface area contributed by atoms with Crippen LogP contribution in [-0.4, -0.2) is 33.9 Å². The summed E-state index contributed by atoms with van der Waals surface area (Å²) in [6, 6.07) is 10.3. The summed E-state index contributed by atoms with van der Waals surface area (Å²) in [7, 11) is 0. The molecule has 0 radical (unpaired) electrons. The van der Waals surface area contributed by atoms with E-state index >= 15 is 0 Å². The number of carbonyl (C=O) groups is 2. The van der Waals surface area contributed by atoms with Gasteiger partial charge in [0.15, 0.2) is 5.78 Å². The standard InChI is InChI=1S/C21H18F2N2O3/c22-15-9-13(10-16(23)12-15)1-4-19(26)21(28)6-8-25(20(21)27)17-2-3-18-14(11-17)5-7-24-18/h2-3,5,7,9-12,24,28H,1,4,6,8H2/t21-/m0/s1. The summed E-state index contributed by atoms with van der Waals surface area (Å²) in [4.78, 5) is 29.8. The van der Waals surface area contributed by atoms with E-state index < -0.39 is 28.9 Å². The van der Waals surface area contributed by atoms with Crippen LogP contribution in [0.4, 0.5) is 14.5 Å². The number of aromatic amines is 1. The van der Waals surface area contributed by atoms with Crippen LogP contribution < -0.4 is 4.90 Å². The monoisotopic (exact) mass is 384 g/mol. The van der Waals surface area contributed by atoms with Crippen LogP contribution in [-0.2, 0) is 16.0 Å². The molecule has 1 aliphatic heterocycles. The number of hydrogen-bond acceptors (Lipinski definition) is 3. The van der Waals surface area contributed by atoms with E-state index in [1.165, 1.54) is 4.90 Å². The third kappa shape index (κ3) is 3.18. The summed E-state index contributed by atoms with van der Waals surface area (Å²) in [6.45, 7) is 0.214. The Morgan fingerprint density at radius 2 is 1.89 bits per heavy atom. The summed E-state index contributed by atoms with van der Waals surface area (Å²) in [5, 5.41) is 11.6. The molecule has 144 valence electrons. The average Bonchev–Trinajstić information content (AvgIpc) is 3.24. The number of H-pyrrole nitrogens is 1. The Morgan fingerprint density at radius 3 is 2.64 bits per heavy atom. The Hall–Kier alpha value is -3.06. The SMILES string of the molecule is O=C(CCc1cc(F)cc(F)c1)[C@@]1(O)CCN(c2ccc3[nH]ccc3c2)C1=O. The first-order valence-corrected chi connectivity index (χ1v) is 8.96. The Kier molecular flexibility index (Phi) is 4.47. The molecule has 5 nitrogen and oxygen atoms in total. The molecular weight excluding hydrogens is 366 g/mol. The number of ketones is 1. The van der Waals surface area contributed by atoms with Crippen LogP contribution >= 0.6 is 0 Å². The van der Waals surface area contributed by atoms with Crippen molar-refractivity contribution in [2.45, 2.75) is 24.9 Å². The Bertz CT molecular complexity index is 1060. The molecule has 1 aromatic heterocycles. The summed E-state index contributed by atoms with van der Waals surface area (Å²) < 4.78 is 26.6. The number of aryl methyl sites for hydroxylation is 1. The van der Waals surface area contributed by atoms with Crippen molar-refractivity contribution in [1.29, 1.82) is 0 Å². The smallest absolute Gasteiger partial charge is 0.266 e. The number of amides is 1. The maximum absolute atomic E-state index is 13.3. The topological polar surface area (TPSA) is 73.4 Å². The molecular formula is C21H18F2N2O3. The molecule has 4 rings (SSSR count). The molecule has 1 saturated heterocycles. The number of Topliss-reactive ketones (excluding diaryl/α,β-unsaturated/α-hetero) is 1. The molecule has 0 bridgehead atoms. The molecule has 3 aromatic rings. The number of nitrogens with zero attached hydrogens (tertiary/aromatic N) is 1. The van der Waals surface area contributed by atoms with Crippen molar-refractivity contribution in [2.75, 3.05) is 11.4 Å². The molecule has 0 aliphatic carbocycles. The molecule has 2 heterocycles. The molecule has 1 atom stereocenters. The molecule has 28 heavy (non-hydrogen) atoms. The van der Waals surface area contributed by atoms with Crippen LogP contribution in [0.1, 0.15) is 18.4 Å². The van der Waals surface area contributed by atoms with Gasteiger partial charge in [0.1, 0.15) is 11.6 Å². The average molecular weight is 384 g/mol. The van der Waals surface area contributed by atoms with Gasteiger partial charge in [-0.05, 0) is 48.4 Å². The van der Waals surface area contributed by atoms with Gasteiger partial charge in [0, 0.05) is 48.2 Å². The predicted molar refractivity (Wildman–Crippen MR) is 99.9 cm³/mol. The maximum atomic E-state index is 13.3. The van der Waals surface area contributed by atoms with E-state index in [0.29, 0.717) is 11.3 Å². The third-order valence-electron chi connectivity index (χ3n) is 5.17. The van der Waals surface area contributed by atoms with Crippen LogP contribution in [0, 0.1) is 11.6 Å². The zero-order valence-electron chi connectivity index (χ0n) is 14.9. The van der Waals surface area contributed by atoms with Crippen LogP contribution in [0.3, 0.4) is 0 Å². The van der Waals surface area contributed by atoms with Crippen LogP contribution in [0.15, 0.2) is 48.7 Å². The number of nitrogens with one attached hydrogen (secondary N) is 1. The van der Waals surface area contributed by atoms with Crippen molar-refractivity contribution in [3.63, 3.8) is 0 Å². The lowest BCUT2D eigenvalue weighted by atomic mass is 9.92. The number of benzene rings is 2. The summed E-state index contributed by atoms with van der Waals surface area (Å²) in [5.41, 5.74) is -0.286. The van der Waals surface area contributed by atoms with Crippen LogP contribution in [0.25, 0.3) is 10.9 Å². The van der Waals surface area contributed by atoms with Gasteiger partial charge < -0.3 is 15.0 Å². The quantitative estimate of drug-likeness (QED) is 0.664. The highest BCUT2D eigenvalue weighted by Crippen LogP contribution is 2.31. The zero-order valence-corrected chi connectivity index (χ0v) is 14.9. The van der Waals surface area contributed by atoms with Crippen molar-refractivity contribution in [3.05, 3.63) is 65.9 Å². The number of hydrogen-bond donors (Lipinski definition) is 2. The minimum absolute atomic E-state index is 0.0205. The van der Waals surface area contributed by atoms with E-state index in [-0.39, 0.29) is 25.8 Å². The van der Waals surface area contributed by atoms with Gasteiger partial charge in [0.25, 0.3) is 5.91 Å². The van der Waals surface area contributed by atoms with E-state index in [0.717, 1.165) is 29.1 Å². The fourth-order valence-electron chi connectivity index (χ4n) is 3.64. The Morgan fingerprint density at radius 1 is 1.14 bits per heavy atom. The molecule has 1 amide bonds. The predicted octanol–water partition coefficient (Wildman–Crippen LogP) is 3.12. The first-order valence-electron chi connectivity index (χ1n) is 8.96. The van der Waals surface area contributed by atoms with Gasteiger partial charge in [-0.3, -0.25) is 9.59 Å². The number of halogens is 2. The number of rotatable bonds is 5. The summed E-state index contributed by atoms with van der Waals surface area (Å²) in [6.07, 6.45) is 1.62. The molecule has 0 spiro atoms. The molecule has 7 heteroatoms. The Balaban J connectivity index is 1.49. The lowest BCUT2D eigenvalue weighted by molar-refractivity contribution is -0.147. The molecule has 1 fully saturated rings. The first kappa shape index (κ1) is 18.3. The summed E-state index contributed by atoms with van der Waals surface area (Å²) >= 11 is 0. The molecule has 0 unspecified atom stereocenters. The maximum Gasteiger partial charge on any atom is 0.266 e. The molecule has 2 N–H and O–H groups in total. The number of aromatic nitrogens is 1. The first-order chi connectivity index (χ1) is 13.4. The highest BCUT2D eigenvalue weighted by Gasteiger charge is 2.50. The van der Waals surface area contributed by atoms with Gasteiger partial charge in [-0.2, -0.15) is 0 Å². The van der Waals surface area contributed by atoms with Crippen molar-refractivity contribution in [1.82, 2.24) is 4.98 Å². The van der Waals surface area contributed by atoms with Gasteiger partial charge in [-0.1, -0.05) is 0 Å². The lowest BCUT2D eigenvalue weighted by Gasteiger charge is -2.21. The van der Waals surface area contributed by atoms with Gasteiger partial charge in [-0.15, -0.1) is 0 Å². The van der Waals surface area contributed by atoms with E-state index in [1.54, 1.807) is 12.3 Å². The fraction of sp³-hybridized carbons (Fsp3) is 0.238. The zero-order chi connectivity index (χ0) is 19.9. The van der Waals surface area contributed by atoms with Crippen LogP contribution in [0.5, 0.6) is 0 Å². The van der Waals surface area contributed by atoms with E-state index in [4.69, 9.17) is 0 Å². The summed E-state index contributed by atoms with van der Waals surface area (Å²) in [5.74, 6) is -2.78. The fourth-order valence-corrected chi connectivity index (χ4v) is 3.64. The van der Waals surface area contributed by atoms with Crippen molar-refractivity contribution in [3.8, 4) is 0 Å². The Labute approximate surface area is 159 Å². The molecule has 0 saturated carbocycles. The largest absolute Gasteiger partial charge is 0.373 e. The number of carbonyl (C=O) groups excluding carboxylic acids is 2. The molecule has 2 aromatic carbocycles. The van der Waals surface area contributed by atoms with E-state index in [1.807, 2.05) is 18.2 Å². The second-order valence-electron chi connectivity index (χ2n) is 7.02. The minimum atomic E-state index is -2.11. The van der Waals surface area contributed by atoms with Crippen molar-refractivity contribution in [2.24, 2.45) is 0 Å². The van der Waals surface area contributed by atoms with E-state index in [2.05, 4.69) is 4.98 Å². The highest BCUT2D eigenvalue weighted by molar-refractivity contribution is 6.17. The second-order valence-corrected chi connectivity index (χ2v) is 7.02. The molecule has 1 aliphatic rings. The normalized spacial score (nSPS) is 19.5. The number of aliphatic hydroxyl groups is 1. The minimum Gasteiger partial charge on any atom is -0.373 e. The van der Waals surface area contributed by atoms with Crippen molar-refractivity contribution >= 4 is 28.3 Å². The van der Waals surface area contributed by atoms with E-state index in [9.17, 15) is 23.5 Å². The third-order valence-corrected chi connectivity index (χ3v) is 5.17. The number of fused-ring (bicyclic) bond motifs is 1. The second kappa shape index (κ2) is 6.83. The van der Waals surface area contributed by atoms with Crippen molar-refractivity contribution < 1.29 is 23.5 Å². The van der Waals surface area contributed by atoms with Gasteiger partial charge >= 0.3 is 0 Å². The van der Waals surface area contributed by atoms with Gasteiger partial charge in [-0.25, -0.2) is 8.78 Å². The van der Waals surface area contributed by atoms with Gasteiger partial charge in [0.05, 0.1) is 0 Å². The highest BCUT2D eigenvalue weighted by atomic mass is 19.1. The van der Waals surface area contributed by atoms with Gasteiger partial charge in [0.2, 0.25) is 5.60 Å².